The molecule has 0 radical (unpaired) electrons. The summed E-state index contributed by atoms with van der Waals surface area (Å²) in [5, 5.41) is 0. The number of carbonyl (C=O) groups is 2. The molecule has 0 bridgehead atoms. The van der Waals surface area contributed by atoms with Crippen LogP contribution in [0.4, 0.5) is 4.39 Å². The van der Waals surface area contributed by atoms with Gasteiger partial charge in [-0.1, -0.05) is 29.8 Å². The van der Waals surface area contributed by atoms with Crippen molar-refractivity contribution in [2.75, 3.05) is 0 Å². The van der Waals surface area contributed by atoms with Crippen LogP contribution in [0.1, 0.15) is 40.3 Å². The fourth-order valence-corrected chi connectivity index (χ4v) is 4.30. The molecule has 1 atom stereocenters. The minimum absolute atomic E-state index is 0.0732. The summed E-state index contributed by atoms with van der Waals surface area (Å²) in [6.45, 7) is 5.91. The first-order chi connectivity index (χ1) is 14.3. The van der Waals surface area contributed by atoms with Crippen LogP contribution >= 0.6 is 0 Å². The Morgan fingerprint density at radius 3 is 2.27 bits per heavy atom. The first kappa shape index (κ1) is 19.9. The Kier molecular flexibility index (Phi) is 5.17. The van der Waals surface area contributed by atoms with Crippen molar-refractivity contribution in [3.63, 3.8) is 0 Å². The van der Waals surface area contributed by atoms with Crippen molar-refractivity contribution in [1.29, 1.82) is 0 Å². The monoisotopic (exact) mass is 399 g/mol. The lowest BCUT2D eigenvalue weighted by Gasteiger charge is -2.15. The lowest BCUT2D eigenvalue weighted by Crippen LogP contribution is -2.15. The largest absolute Gasteiger partial charge is 0.298 e. The summed E-state index contributed by atoms with van der Waals surface area (Å²) in [4.78, 5) is 30.3. The van der Waals surface area contributed by atoms with Gasteiger partial charge in [0.25, 0.3) is 0 Å². The van der Waals surface area contributed by atoms with Crippen molar-refractivity contribution in [3.8, 4) is 11.1 Å². The van der Waals surface area contributed by atoms with E-state index in [1.807, 2.05) is 45.0 Å². The molecule has 2 aromatic carbocycles. The van der Waals surface area contributed by atoms with Crippen LogP contribution in [0.5, 0.6) is 0 Å². The van der Waals surface area contributed by atoms with Crippen LogP contribution in [0, 0.1) is 26.6 Å². The van der Waals surface area contributed by atoms with E-state index in [4.69, 9.17) is 0 Å². The third-order valence-electron chi connectivity index (χ3n) is 5.57. The van der Waals surface area contributed by atoms with Gasteiger partial charge in [0.05, 0.1) is 5.69 Å². The van der Waals surface area contributed by atoms with Gasteiger partial charge in [-0.05, 0) is 78.9 Å². The molecule has 3 aromatic rings. The quantitative estimate of drug-likeness (QED) is 0.430. The molecular weight excluding hydrogens is 377 g/mol. The molecule has 150 valence electrons. The molecule has 0 N–H and O–H groups in total. The normalized spacial score (nSPS) is 17.7. The van der Waals surface area contributed by atoms with E-state index < -0.39 is 5.92 Å². The number of nitrogens with zero attached hydrogens (tertiary/aromatic N) is 1. The molecule has 1 saturated carbocycles. The molecule has 0 aliphatic heterocycles. The van der Waals surface area contributed by atoms with Crippen molar-refractivity contribution < 1.29 is 14.0 Å². The number of allylic oxidation sites excluding steroid dienone is 1. The van der Waals surface area contributed by atoms with Crippen LogP contribution < -0.4 is 0 Å². The van der Waals surface area contributed by atoms with Gasteiger partial charge in [0, 0.05) is 18.2 Å². The zero-order valence-corrected chi connectivity index (χ0v) is 17.2. The van der Waals surface area contributed by atoms with Gasteiger partial charge in [-0.3, -0.25) is 14.6 Å². The van der Waals surface area contributed by atoms with Crippen molar-refractivity contribution in [3.05, 3.63) is 94.1 Å². The Bertz CT molecular complexity index is 1170. The summed E-state index contributed by atoms with van der Waals surface area (Å²) in [5.41, 5.74) is 6.69. The van der Waals surface area contributed by atoms with Crippen molar-refractivity contribution in [2.24, 2.45) is 0 Å². The minimum Gasteiger partial charge on any atom is -0.298 e. The number of rotatable bonds is 3. The van der Waals surface area contributed by atoms with E-state index in [0.717, 1.165) is 33.4 Å². The lowest BCUT2D eigenvalue weighted by atomic mass is 9.87. The number of benzene rings is 2. The molecule has 30 heavy (non-hydrogen) atoms. The molecule has 1 aromatic heterocycles. The zero-order valence-electron chi connectivity index (χ0n) is 17.2. The molecule has 1 unspecified atom stereocenters. The smallest absolute Gasteiger partial charge is 0.174 e. The van der Waals surface area contributed by atoms with Gasteiger partial charge in [0.2, 0.25) is 0 Å². The van der Waals surface area contributed by atoms with Crippen molar-refractivity contribution in [1.82, 2.24) is 4.98 Å². The second-order valence-electron chi connectivity index (χ2n) is 7.90. The highest BCUT2D eigenvalue weighted by Crippen LogP contribution is 2.36. The first-order valence-electron chi connectivity index (χ1n) is 9.90. The SMILES string of the molecule is Cc1cc(C)c(C2C(=O)C/C(=C\c3cc(-c4ccc(F)cc4)ccn3)C2=O)c(C)c1. The van der Waals surface area contributed by atoms with E-state index in [1.54, 1.807) is 24.4 Å². The Balaban J connectivity index is 1.68. The number of carbonyl (C=O) groups excluding carboxylic acids is 2. The summed E-state index contributed by atoms with van der Waals surface area (Å²) in [6, 6.07) is 13.9. The van der Waals surface area contributed by atoms with E-state index in [0.29, 0.717) is 11.3 Å². The number of ketones is 2. The second-order valence-corrected chi connectivity index (χ2v) is 7.90. The van der Waals surface area contributed by atoms with Crippen LogP contribution in [0.2, 0.25) is 0 Å². The molecule has 4 heteroatoms. The van der Waals surface area contributed by atoms with Crippen molar-refractivity contribution in [2.45, 2.75) is 33.1 Å². The van der Waals surface area contributed by atoms with E-state index >= 15 is 0 Å². The summed E-state index contributed by atoms with van der Waals surface area (Å²) in [6.07, 6.45) is 3.46. The average Bonchev–Trinajstić information content (AvgIpc) is 2.96. The number of aromatic nitrogens is 1. The Labute approximate surface area is 175 Å². The predicted octanol–water partition coefficient (Wildman–Crippen LogP) is 5.52. The maximum atomic E-state index is 13.2. The number of hydrogen-bond donors (Lipinski definition) is 0. The topological polar surface area (TPSA) is 47.0 Å². The number of Topliss-reactive ketones (excluding diaryl/α,β-unsaturated/α-hetero) is 2. The Hall–Kier alpha value is -3.40. The van der Waals surface area contributed by atoms with Gasteiger partial charge in [-0.2, -0.15) is 0 Å². The highest BCUT2D eigenvalue weighted by molar-refractivity contribution is 6.24. The second kappa shape index (κ2) is 7.79. The van der Waals surface area contributed by atoms with Crippen LogP contribution in [-0.2, 0) is 9.59 Å². The Morgan fingerprint density at radius 1 is 0.933 bits per heavy atom. The maximum absolute atomic E-state index is 13.2. The van der Waals surface area contributed by atoms with E-state index in [-0.39, 0.29) is 23.8 Å². The number of pyridine rings is 1. The van der Waals surface area contributed by atoms with Gasteiger partial charge in [0.1, 0.15) is 11.7 Å². The molecule has 1 aliphatic carbocycles. The van der Waals surface area contributed by atoms with E-state index in [1.165, 1.54) is 12.1 Å². The molecule has 3 nitrogen and oxygen atoms in total. The number of aryl methyl sites for hydroxylation is 3. The molecular formula is C26H22FNO2. The summed E-state index contributed by atoms with van der Waals surface area (Å²) in [5.74, 6) is -1.25. The standard InChI is InChI=1S/C26H22FNO2/c1-15-10-16(2)24(17(3)11-15)25-23(29)14-20(26(25)30)13-22-12-19(8-9-28-22)18-4-6-21(27)7-5-18/h4-13,25H,14H2,1-3H3/b20-13+. The highest BCUT2D eigenvalue weighted by atomic mass is 19.1. The van der Waals surface area contributed by atoms with Crippen LogP contribution in [-0.4, -0.2) is 16.6 Å². The fraction of sp³-hybridized carbons (Fsp3) is 0.192. The van der Waals surface area contributed by atoms with Crippen LogP contribution in [0.3, 0.4) is 0 Å². The zero-order chi connectivity index (χ0) is 21.4. The molecule has 0 amide bonds. The van der Waals surface area contributed by atoms with Gasteiger partial charge in [-0.15, -0.1) is 0 Å². The van der Waals surface area contributed by atoms with Crippen LogP contribution in [0.25, 0.3) is 17.2 Å². The van der Waals surface area contributed by atoms with Crippen molar-refractivity contribution >= 4 is 17.6 Å². The van der Waals surface area contributed by atoms with E-state index in [9.17, 15) is 14.0 Å². The number of hydrogen-bond acceptors (Lipinski definition) is 3. The molecule has 1 aliphatic rings. The highest BCUT2D eigenvalue weighted by Gasteiger charge is 2.39. The summed E-state index contributed by atoms with van der Waals surface area (Å²) >= 11 is 0. The predicted molar refractivity (Wildman–Crippen MR) is 116 cm³/mol. The van der Waals surface area contributed by atoms with Gasteiger partial charge in [0.15, 0.2) is 11.6 Å². The van der Waals surface area contributed by atoms with E-state index in [2.05, 4.69) is 4.98 Å². The third-order valence-corrected chi connectivity index (χ3v) is 5.57. The molecule has 0 spiro atoms. The molecule has 1 fully saturated rings. The molecule has 4 rings (SSSR count). The van der Waals surface area contributed by atoms with Crippen LogP contribution in [0.15, 0.2) is 60.3 Å². The minimum atomic E-state index is -0.739. The molecule has 0 saturated heterocycles. The Morgan fingerprint density at radius 2 is 1.60 bits per heavy atom. The summed E-state index contributed by atoms with van der Waals surface area (Å²) in [7, 11) is 0. The first-order valence-corrected chi connectivity index (χ1v) is 9.90. The third kappa shape index (κ3) is 3.73. The fourth-order valence-electron chi connectivity index (χ4n) is 4.30. The van der Waals surface area contributed by atoms with Gasteiger partial charge in [-0.25, -0.2) is 4.39 Å². The molecule has 1 heterocycles. The lowest BCUT2D eigenvalue weighted by molar-refractivity contribution is -0.123. The number of halogens is 1. The average molecular weight is 399 g/mol. The summed E-state index contributed by atoms with van der Waals surface area (Å²) < 4.78 is 13.2. The maximum Gasteiger partial charge on any atom is 0.174 e. The van der Waals surface area contributed by atoms with Gasteiger partial charge >= 0.3 is 0 Å². The van der Waals surface area contributed by atoms with Gasteiger partial charge < -0.3 is 0 Å².